The van der Waals surface area contributed by atoms with E-state index in [1.807, 2.05) is 0 Å². The molecule has 0 saturated carbocycles. The second-order valence-electron chi connectivity index (χ2n) is 3.76. The summed E-state index contributed by atoms with van der Waals surface area (Å²) in [4.78, 5) is 29.1. The topological polar surface area (TPSA) is 219 Å². The van der Waals surface area contributed by atoms with Crippen LogP contribution in [-0.2, 0) is 14.4 Å². The molecule has 0 aromatic rings. The number of aliphatic hydroxyl groups excluding tert-OH is 5. The van der Waals surface area contributed by atoms with Crippen molar-refractivity contribution in [3.8, 4) is 0 Å². The summed E-state index contributed by atoms with van der Waals surface area (Å²) in [6, 6.07) is 0. The number of carbonyl (C=O) groups excluding carboxylic acids is 2. The van der Waals surface area contributed by atoms with Crippen LogP contribution >= 0.6 is 0 Å². The number of carboxylic acid groups (broad SMARTS) is 3. The number of carbonyl (C=O) groups is 3. The molecule has 0 rings (SSSR count). The zero-order valence-electron chi connectivity index (χ0n) is 12.7. The first-order valence-corrected chi connectivity index (χ1v) is 5.50. The van der Waals surface area contributed by atoms with E-state index in [-0.39, 0.29) is 59.1 Å². The second-order valence-corrected chi connectivity index (χ2v) is 3.76. The third kappa shape index (κ3) is 16.8. The van der Waals surface area contributed by atoms with Gasteiger partial charge in [-0.2, -0.15) is 0 Å². The molecule has 0 saturated heterocycles. The first-order valence-electron chi connectivity index (χ1n) is 5.50. The van der Waals surface area contributed by atoms with Crippen LogP contribution in [0.25, 0.3) is 0 Å². The molecule has 0 heterocycles. The molecule has 0 radical (unpaired) electrons. The molecule has 0 spiro atoms. The van der Waals surface area contributed by atoms with Crippen molar-refractivity contribution in [2.75, 3.05) is 6.61 Å². The minimum atomic E-state index is -2.20. The van der Waals surface area contributed by atoms with Crippen molar-refractivity contribution in [3.05, 3.63) is 0 Å². The van der Waals surface area contributed by atoms with E-state index in [4.69, 9.17) is 30.6 Å². The third-order valence-electron chi connectivity index (χ3n) is 2.04. The molecule has 13 heteroatoms. The molecule has 0 bridgehead atoms. The zero-order valence-corrected chi connectivity index (χ0v) is 16.7. The maximum atomic E-state index is 10.1. The molecule has 6 N–H and O–H groups in total. The number of carboxylic acids is 3. The van der Waals surface area contributed by atoms with E-state index in [9.17, 15) is 24.6 Å². The van der Waals surface area contributed by atoms with Crippen LogP contribution < -0.4 is 69.3 Å². The van der Waals surface area contributed by atoms with Crippen LogP contribution in [0.4, 0.5) is 0 Å². The van der Waals surface area contributed by atoms with E-state index < -0.39 is 61.8 Å². The van der Waals surface area contributed by atoms with Gasteiger partial charge in [-0.15, -0.1) is 0 Å². The van der Waals surface area contributed by atoms with Crippen molar-refractivity contribution in [2.24, 2.45) is 0 Å². The quantitative estimate of drug-likeness (QED) is 0.224. The Labute approximate surface area is 175 Å². The minimum absolute atomic E-state index is 0. The van der Waals surface area contributed by atoms with Crippen LogP contribution in [0, 0.1) is 0 Å². The molecule has 23 heavy (non-hydrogen) atoms. The molecule has 0 amide bonds. The van der Waals surface area contributed by atoms with Gasteiger partial charge in [-0.25, -0.2) is 4.79 Å². The summed E-state index contributed by atoms with van der Waals surface area (Å²) in [5.41, 5.74) is 0. The monoisotopic (exact) mass is 358 g/mol. The molecule has 0 aliphatic carbocycles. The molecular formula is C10H16Na2O11. The van der Waals surface area contributed by atoms with Crippen LogP contribution in [0.2, 0.25) is 0 Å². The van der Waals surface area contributed by atoms with Gasteiger partial charge in [0.1, 0.15) is 18.3 Å². The summed E-state index contributed by atoms with van der Waals surface area (Å²) in [5.74, 6) is -4.46. The third-order valence-corrected chi connectivity index (χ3v) is 2.04. The normalized spacial score (nSPS) is 14.5. The van der Waals surface area contributed by atoms with E-state index in [0.717, 1.165) is 0 Å². The van der Waals surface area contributed by atoms with Gasteiger partial charge in [0.2, 0.25) is 0 Å². The molecular weight excluding hydrogens is 342 g/mol. The van der Waals surface area contributed by atoms with Gasteiger partial charge in [-0.05, 0) is 12.8 Å². The van der Waals surface area contributed by atoms with Gasteiger partial charge in [-0.3, -0.25) is 0 Å². The molecule has 4 unspecified atom stereocenters. The number of hydrogen-bond acceptors (Lipinski definition) is 10. The van der Waals surface area contributed by atoms with Crippen molar-refractivity contribution in [2.45, 2.75) is 37.3 Å². The molecule has 4 atom stereocenters. The van der Waals surface area contributed by atoms with Gasteiger partial charge in [0, 0.05) is 11.9 Å². The predicted octanol–water partition coefficient (Wildman–Crippen LogP) is -12.2. The Morgan fingerprint density at radius 2 is 1.17 bits per heavy atom. The number of aliphatic hydroxyl groups is 5. The van der Waals surface area contributed by atoms with Crippen molar-refractivity contribution < 1.29 is 114 Å². The summed E-state index contributed by atoms with van der Waals surface area (Å²) in [6.45, 7) is -0.843. The summed E-state index contributed by atoms with van der Waals surface area (Å²) in [5, 5.41) is 70.8. The average Bonchev–Trinajstić information content (AvgIpc) is 2.42. The molecule has 11 nitrogen and oxygen atoms in total. The van der Waals surface area contributed by atoms with Crippen molar-refractivity contribution in [3.63, 3.8) is 0 Å². The van der Waals surface area contributed by atoms with Gasteiger partial charge in [0.05, 0.1) is 6.61 Å². The maximum absolute atomic E-state index is 10.1. The van der Waals surface area contributed by atoms with E-state index >= 15 is 0 Å². The molecule has 0 fully saturated rings. The summed E-state index contributed by atoms with van der Waals surface area (Å²) in [7, 11) is 0. The summed E-state index contributed by atoms with van der Waals surface area (Å²) >= 11 is 0. The second kappa shape index (κ2) is 17.0. The number of aliphatic carboxylic acids is 3. The van der Waals surface area contributed by atoms with Crippen LogP contribution in [0.15, 0.2) is 0 Å². The van der Waals surface area contributed by atoms with Gasteiger partial charge < -0.3 is 50.4 Å². The Balaban J connectivity index is -0.000000158. The number of hydrogen-bond donors (Lipinski definition) is 6. The molecule has 0 aromatic heterocycles. The minimum Gasteiger partial charge on any atom is -0.550 e. The Kier molecular flexibility index (Phi) is 23.0. The Morgan fingerprint density at radius 1 is 0.826 bits per heavy atom. The van der Waals surface area contributed by atoms with Crippen LogP contribution in [0.1, 0.15) is 12.8 Å². The smallest absolute Gasteiger partial charge is 0.550 e. The van der Waals surface area contributed by atoms with E-state index in [1.165, 1.54) is 0 Å². The molecule has 0 aliphatic rings. The summed E-state index contributed by atoms with van der Waals surface area (Å²) < 4.78 is 0. The van der Waals surface area contributed by atoms with E-state index in [2.05, 4.69) is 0 Å². The van der Waals surface area contributed by atoms with Gasteiger partial charge in [0.25, 0.3) is 0 Å². The van der Waals surface area contributed by atoms with E-state index in [0.29, 0.717) is 0 Å². The molecule has 124 valence electrons. The van der Waals surface area contributed by atoms with E-state index in [1.54, 1.807) is 0 Å². The molecule has 0 aromatic carbocycles. The van der Waals surface area contributed by atoms with Gasteiger partial charge in [0.15, 0.2) is 6.10 Å². The standard InChI is InChI=1S/C6H12O7.C4H6O4.2Na/c7-1-2(8)3(9)4(10)5(11)6(12)13;5-3(6)1-2-4(7)8;;/h2-5,7-11H,1H2,(H,12,13);1-2H2,(H,5,6)(H,7,8);;/q;;2*+1/p-2. The predicted molar refractivity (Wildman–Crippen MR) is 58.0 cm³/mol. The van der Waals surface area contributed by atoms with Gasteiger partial charge >= 0.3 is 65.1 Å². The fourth-order valence-corrected chi connectivity index (χ4v) is 0.873. The number of rotatable bonds is 8. The van der Waals surface area contributed by atoms with Crippen LogP contribution in [-0.4, -0.2) is 79.6 Å². The maximum Gasteiger partial charge on any atom is 1.00 e. The van der Waals surface area contributed by atoms with Gasteiger partial charge in [-0.1, -0.05) is 0 Å². The Bertz CT molecular complexity index is 338. The average molecular weight is 358 g/mol. The van der Waals surface area contributed by atoms with Crippen molar-refractivity contribution in [1.82, 2.24) is 0 Å². The Morgan fingerprint density at radius 3 is 1.39 bits per heavy atom. The first-order chi connectivity index (χ1) is 9.54. The van der Waals surface area contributed by atoms with Crippen LogP contribution in [0.5, 0.6) is 0 Å². The van der Waals surface area contributed by atoms with Crippen molar-refractivity contribution >= 4 is 17.9 Å². The Hall–Kier alpha value is 0.210. The van der Waals surface area contributed by atoms with Crippen LogP contribution in [0.3, 0.4) is 0 Å². The summed E-state index contributed by atoms with van der Waals surface area (Å²) in [6.07, 6.45) is -8.78. The largest absolute Gasteiger partial charge is 1.00 e. The fourth-order valence-electron chi connectivity index (χ4n) is 0.873. The SMILES string of the molecule is O=C(O)C(O)C(O)C(O)C(O)CO.O=C([O-])CCC(=O)[O-].[Na+].[Na+]. The fraction of sp³-hybridized carbons (Fsp3) is 0.700. The van der Waals surface area contributed by atoms with Crippen molar-refractivity contribution in [1.29, 1.82) is 0 Å². The molecule has 0 aliphatic heterocycles. The first kappa shape index (κ1) is 31.0. The zero-order chi connectivity index (χ0) is 17.2.